The smallest absolute Gasteiger partial charge is 0.267 e. The molecule has 1 aromatic carbocycles. The molecule has 0 aliphatic carbocycles. The van der Waals surface area contributed by atoms with Gasteiger partial charge in [0.25, 0.3) is 5.91 Å². The zero-order valence-electron chi connectivity index (χ0n) is 13.0. The number of nitrogens with one attached hydrogen (secondary N) is 2. The third-order valence-corrected chi connectivity index (χ3v) is 2.73. The van der Waals surface area contributed by atoms with E-state index in [0.29, 0.717) is 18.0 Å². The van der Waals surface area contributed by atoms with Crippen LogP contribution in [0, 0.1) is 0 Å². The van der Waals surface area contributed by atoms with Crippen LogP contribution in [-0.4, -0.2) is 18.6 Å². The van der Waals surface area contributed by atoms with Gasteiger partial charge in [0, 0.05) is 8.55 Å². The lowest BCUT2D eigenvalue weighted by molar-refractivity contribution is -0.126. The molecule has 118 valence electrons. The maximum Gasteiger partial charge on any atom is 0.267 e. The minimum absolute atomic E-state index is 0. The van der Waals surface area contributed by atoms with Gasteiger partial charge in [-0.1, -0.05) is 45.1 Å². The zero-order chi connectivity index (χ0) is 15.7. The first-order valence-corrected chi connectivity index (χ1v) is 7.25. The topological polar surface area (TPSA) is 50.4 Å². The van der Waals surface area contributed by atoms with Crippen LogP contribution in [0.25, 0.3) is 0 Å². The summed E-state index contributed by atoms with van der Waals surface area (Å²) in [6.07, 6.45) is 4.10. The molecule has 1 heterocycles. The molecule has 0 radical (unpaired) electrons. The lowest BCUT2D eigenvalue weighted by atomic mass is 10.2. The molecule has 1 aromatic rings. The summed E-state index contributed by atoms with van der Waals surface area (Å²) in [7, 11) is 0. The van der Waals surface area contributed by atoms with Gasteiger partial charge in [0.1, 0.15) is 5.75 Å². The minimum atomic E-state index is -0.533. The van der Waals surface area contributed by atoms with Crippen molar-refractivity contribution in [1.82, 2.24) is 5.32 Å². The van der Waals surface area contributed by atoms with Crippen molar-refractivity contribution in [1.29, 1.82) is 0 Å². The second-order valence-electron chi connectivity index (χ2n) is 4.63. The number of carbonyl (C=O) groups excluding carboxylic acids is 1. The number of rotatable bonds is 3. The van der Waals surface area contributed by atoms with E-state index in [2.05, 4.69) is 31.1 Å². The van der Waals surface area contributed by atoms with Crippen LogP contribution in [-0.2, 0) is 4.79 Å². The van der Waals surface area contributed by atoms with Crippen molar-refractivity contribution in [3.63, 3.8) is 0 Å². The van der Waals surface area contributed by atoms with E-state index in [9.17, 15) is 4.79 Å². The van der Waals surface area contributed by atoms with E-state index >= 15 is 0 Å². The molecule has 0 spiro atoms. The first kappa shape index (κ1) is 16.8. The van der Waals surface area contributed by atoms with Crippen molar-refractivity contribution in [3.8, 4) is 5.75 Å². The molecule has 0 fully saturated rings. The number of carbonyl (C=O) groups is 1. The molecule has 2 N–H and O–H groups in total. The van der Waals surface area contributed by atoms with Crippen LogP contribution in [0.4, 0.5) is 5.69 Å². The van der Waals surface area contributed by atoms with Crippen molar-refractivity contribution < 1.29 is 12.4 Å². The molecule has 1 atom stereocenters. The summed E-state index contributed by atoms with van der Waals surface area (Å²) in [6, 6.07) is 7.56. The average Bonchev–Trinajstić information content (AvgIpc) is 2.52. The predicted octanol–water partition coefficient (Wildman–Crippen LogP) is 3.97. The number of hydrogen-bond donors (Lipinski definition) is 2. The summed E-state index contributed by atoms with van der Waals surface area (Å²) in [4.78, 5) is 12.0. The monoisotopic (exact) mass is 292 g/mol. The molecule has 0 saturated carbocycles. The molecule has 0 bridgehead atoms. The first-order chi connectivity index (χ1) is 10.2. The number of benzene rings is 1. The average molecular weight is 292 g/mol. The fourth-order valence-electron chi connectivity index (χ4n) is 1.72. The number of hydrogen-bond acceptors (Lipinski definition) is 3. The largest absolute Gasteiger partial charge is 0.477 e. The van der Waals surface area contributed by atoms with Gasteiger partial charge >= 0.3 is 0 Å². The van der Waals surface area contributed by atoms with Crippen LogP contribution in [0.3, 0.4) is 0 Å². The molecule has 1 amide bonds. The molecule has 4 nitrogen and oxygen atoms in total. The van der Waals surface area contributed by atoms with Crippen molar-refractivity contribution in [2.45, 2.75) is 33.3 Å². The molecule has 4 heteroatoms. The molecule has 1 aliphatic heterocycles. The van der Waals surface area contributed by atoms with Gasteiger partial charge in [0.15, 0.2) is 6.10 Å². The summed E-state index contributed by atoms with van der Waals surface area (Å²) < 4.78 is 5.65. The van der Waals surface area contributed by atoms with Gasteiger partial charge in [0.2, 0.25) is 0 Å². The molecular formula is C17H28N2O2. The van der Waals surface area contributed by atoms with E-state index in [-0.39, 0.29) is 8.76 Å². The Morgan fingerprint density at radius 3 is 2.81 bits per heavy atom. The number of fused-ring (bicyclic) bond motifs is 1. The number of allylic oxidation sites excluding steroid dienone is 2. The molecule has 0 saturated heterocycles. The number of anilines is 1. The molecule has 21 heavy (non-hydrogen) atoms. The van der Waals surface area contributed by atoms with E-state index in [1.165, 1.54) is 6.42 Å². The maximum absolute atomic E-state index is 12.0. The highest BCUT2D eigenvalue weighted by Crippen LogP contribution is 2.28. The fourth-order valence-corrected chi connectivity index (χ4v) is 1.72. The van der Waals surface area contributed by atoms with Crippen LogP contribution < -0.4 is 15.4 Å². The fraction of sp³-hybridized carbons (Fsp3) is 0.353. The van der Waals surface area contributed by atoms with Crippen LogP contribution in [0.15, 0.2) is 48.7 Å². The Kier molecular flexibility index (Phi) is 7.09. The normalized spacial score (nSPS) is 16.3. The zero-order valence-corrected chi connectivity index (χ0v) is 13.0. The molecule has 0 aromatic heterocycles. The quantitative estimate of drug-likeness (QED) is 0.829. The standard InChI is InChI=1S/C14H16N2O2.C3H8.2H2/c1-3-10(4-2)16-14(17)13-9-15-11-7-5-6-8-12(11)18-13;1-3-2;;/h3-8,13,15H,1,9H2,2H3,(H,16,17);3H2,1-2H3;2*1H/b10-4+;;;. The van der Waals surface area contributed by atoms with Crippen LogP contribution in [0.5, 0.6) is 5.75 Å². The predicted molar refractivity (Wildman–Crippen MR) is 91.6 cm³/mol. The number of para-hydroxylation sites is 2. The SMILES string of the molecule is C=C/C(=C\C)NC(=O)C1CNc2ccccc2O1.CCC.[HH].[HH]. The second-order valence-corrected chi connectivity index (χ2v) is 4.63. The van der Waals surface area contributed by atoms with E-state index in [1.54, 1.807) is 12.2 Å². The van der Waals surface area contributed by atoms with Crippen molar-refractivity contribution in [3.05, 3.63) is 48.7 Å². The molecule has 2 rings (SSSR count). The van der Waals surface area contributed by atoms with Gasteiger partial charge in [-0.15, -0.1) is 0 Å². The van der Waals surface area contributed by atoms with Gasteiger partial charge in [-0.05, 0) is 25.1 Å². The Bertz CT molecular complexity index is 519. The Morgan fingerprint density at radius 2 is 2.19 bits per heavy atom. The number of amides is 1. The summed E-state index contributed by atoms with van der Waals surface area (Å²) in [5.74, 6) is 0.523. The van der Waals surface area contributed by atoms with Gasteiger partial charge in [-0.3, -0.25) is 4.79 Å². The van der Waals surface area contributed by atoms with Crippen LogP contribution in [0.1, 0.15) is 30.0 Å². The Balaban J connectivity index is 0. The Labute approximate surface area is 129 Å². The van der Waals surface area contributed by atoms with E-state index < -0.39 is 6.10 Å². The summed E-state index contributed by atoms with van der Waals surface area (Å²) in [5.41, 5.74) is 1.60. The van der Waals surface area contributed by atoms with Crippen LogP contribution >= 0.6 is 0 Å². The highest BCUT2D eigenvalue weighted by molar-refractivity contribution is 5.84. The van der Waals surface area contributed by atoms with Gasteiger partial charge < -0.3 is 15.4 Å². The van der Waals surface area contributed by atoms with Gasteiger partial charge in [0.05, 0.1) is 12.2 Å². The molecule has 1 aliphatic rings. The van der Waals surface area contributed by atoms with Crippen molar-refractivity contribution >= 4 is 11.6 Å². The Morgan fingerprint density at radius 1 is 1.52 bits per heavy atom. The highest BCUT2D eigenvalue weighted by atomic mass is 16.5. The third-order valence-electron chi connectivity index (χ3n) is 2.73. The molecule has 1 unspecified atom stereocenters. The highest BCUT2D eigenvalue weighted by Gasteiger charge is 2.25. The van der Waals surface area contributed by atoms with Crippen LogP contribution in [0.2, 0.25) is 0 Å². The summed E-state index contributed by atoms with van der Waals surface area (Å²) in [5, 5.41) is 5.93. The van der Waals surface area contributed by atoms with Gasteiger partial charge in [-0.2, -0.15) is 0 Å². The van der Waals surface area contributed by atoms with Crippen molar-refractivity contribution in [2.75, 3.05) is 11.9 Å². The third kappa shape index (κ3) is 4.99. The first-order valence-electron chi connectivity index (χ1n) is 7.25. The van der Waals surface area contributed by atoms with E-state index in [0.717, 1.165) is 5.69 Å². The summed E-state index contributed by atoms with van der Waals surface area (Å²) in [6.45, 7) is 10.2. The van der Waals surface area contributed by atoms with E-state index in [1.807, 2.05) is 31.2 Å². The van der Waals surface area contributed by atoms with Crippen molar-refractivity contribution in [2.24, 2.45) is 0 Å². The van der Waals surface area contributed by atoms with Gasteiger partial charge in [-0.25, -0.2) is 0 Å². The van der Waals surface area contributed by atoms with E-state index in [4.69, 9.17) is 4.74 Å². The molecular weight excluding hydrogens is 264 g/mol. The minimum Gasteiger partial charge on any atom is -0.477 e. The Hall–Kier alpha value is -2.23. The second kappa shape index (κ2) is 8.84. The summed E-state index contributed by atoms with van der Waals surface area (Å²) >= 11 is 0. The number of ether oxygens (including phenoxy) is 1. The lowest BCUT2D eigenvalue weighted by Gasteiger charge is -2.26. The lowest BCUT2D eigenvalue weighted by Crippen LogP contribution is -2.44. The maximum atomic E-state index is 12.0.